The Labute approximate surface area is 81.2 Å². The molecule has 0 aromatic rings. The summed E-state index contributed by atoms with van der Waals surface area (Å²) in [6.07, 6.45) is 0. The highest BCUT2D eigenvalue weighted by molar-refractivity contribution is 8.13. The molecule has 0 aliphatic heterocycles. The van der Waals surface area contributed by atoms with Gasteiger partial charge in [0.15, 0.2) is 5.62 Å². The van der Waals surface area contributed by atoms with Crippen LogP contribution in [0, 0.1) is 0 Å². The van der Waals surface area contributed by atoms with Crippen molar-refractivity contribution in [1.82, 2.24) is 0 Å². The molecule has 12 heavy (non-hydrogen) atoms. The molecule has 0 saturated carbocycles. The van der Waals surface area contributed by atoms with Gasteiger partial charge in [0.2, 0.25) is 0 Å². The lowest BCUT2D eigenvalue weighted by molar-refractivity contribution is 0.249. The fourth-order valence-corrected chi connectivity index (χ4v) is 1.18. The fourth-order valence-electron chi connectivity index (χ4n) is 0.231. The van der Waals surface area contributed by atoms with E-state index in [9.17, 15) is 9.36 Å². The van der Waals surface area contributed by atoms with Gasteiger partial charge in [-0.3, -0.25) is 14.2 Å². The van der Waals surface area contributed by atoms with Crippen LogP contribution in [-0.2, 0) is 18.4 Å². The number of hydrogen-bond acceptors (Lipinski definition) is 5. The van der Waals surface area contributed by atoms with Crippen LogP contribution >= 0.6 is 32.9 Å². The first-order valence-corrected chi connectivity index (χ1v) is 5.02. The van der Waals surface area contributed by atoms with Crippen molar-refractivity contribution in [3.63, 3.8) is 0 Å². The van der Waals surface area contributed by atoms with Gasteiger partial charge < -0.3 is 9.05 Å². The standard InChI is InChI=1S/C3H7O4PS.CH2OS/c1-6-8(5,7-2)3(4)9;2-1-3/h1-2H3,(H,4,9);1H,(H,2,3). The van der Waals surface area contributed by atoms with Crippen molar-refractivity contribution >= 4 is 43.3 Å². The number of carbonyl (C=O) groups excluding carboxylic acids is 2. The van der Waals surface area contributed by atoms with Crippen LogP contribution in [0.25, 0.3) is 0 Å². The Morgan fingerprint density at radius 3 is 1.67 bits per heavy atom. The van der Waals surface area contributed by atoms with Crippen molar-refractivity contribution in [2.75, 3.05) is 14.2 Å². The number of thiol groups is 2. The minimum atomic E-state index is -3.53. The molecule has 0 atom stereocenters. The summed E-state index contributed by atoms with van der Waals surface area (Å²) in [4.78, 5) is 18.1. The smallest absolute Gasteiger partial charge is 0.306 e. The van der Waals surface area contributed by atoms with Crippen molar-refractivity contribution in [1.29, 1.82) is 0 Å². The maximum atomic E-state index is 10.8. The van der Waals surface area contributed by atoms with Gasteiger partial charge in [-0.1, -0.05) is 12.6 Å². The van der Waals surface area contributed by atoms with Crippen LogP contribution in [0.4, 0.5) is 4.79 Å². The van der Waals surface area contributed by atoms with Crippen molar-refractivity contribution in [2.24, 2.45) is 0 Å². The quantitative estimate of drug-likeness (QED) is 0.439. The van der Waals surface area contributed by atoms with E-state index in [-0.39, 0.29) is 0 Å². The summed E-state index contributed by atoms with van der Waals surface area (Å²) < 4.78 is 19.3. The summed E-state index contributed by atoms with van der Waals surface area (Å²) in [7, 11) is -1.28. The highest BCUT2D eigenvalue weighted by Crippen LogP contribution is 2.48. The van der Waals surface area contributed by atoms with Gasteiger partial charge in [-0.15, -0.1) is 12.6 Å². The van der Waals surface area contributed by atoms with Crippen molar-refractivity contribution in [3.05, 3.63) is 0 Å². The maximum absolute atomic E-state index is 10.8. The zero-order chi connectivity index (χ0) is 10.2. The summed E-state index contributed by atoms with van der Waals surface area (Å²) >= 11 is 6.39. The number of hydrogen-bond donors (Lipinski definition) is 2. The van der Waals surface area contributed by atoms with Crippen molar-refractivity contribution in [2.45, 2.75) is 0 Å². The molecule has 0 heterocycles. The molecule has 0 saturated heterocycles. The molecule has 0 unspecified atom stereocenters. The Morgan fingerprint density at radius 2 is 1.67 bits per heavy atom. The highest BCUT2D eigenvalue weighted by Gasteiger charge is 2.28. The Balaban J connectivity index is 0. The van der Waals surface area contributed by atoms with Crippen LogP contribution in [0.15, 0.2) is 0 Å². The maximum Gasteiger partial charge on any atom is 0.406 e. The molecule has 8 heteroatoms. The van der Waals surface area contributed by atoms with Gasteiger partial charge in [0, 0.05) is 14.2 Å². The average Bonchev–Trinajstić information content (AvgIpc) is 2.04. The fraction of sp³-hybridized carbons (Fsp3) is 0.500. The van der Waals surface area contributed by atoms with E-state index in [1.54, 1.807) is 0 Å². The minimum Gasteiger partial charge on any atom is -0.306 e. The number of rotatable bonds is 3. The summed E-state index contributed by atoms with van der Waals surface area (Å²) in [5.74, 6) is 0. The lowest BCUT2D eigenvalue weighted by Crippen LogP contribution is -1.93. The molecule has 0 spiro atoms. The zero-order valence-electron chi connectivity index (χ0n) is 6.46. The Morgan fingerprint density at radius 1 is 1.42 bits per heavy atom. The van der Waals surface area contributed by atoms with Crippen molar-refractivity contribution in [3.8, 4) is 0 Å². The summed E-state index contributed by atoms with van der Waals surface area (Å²) in [6.45, 7) is 0. The third-order valence-corrected chi connectivity index (χ3v) is 2.88. The predicted molar refractivity (Wildman–Crippen MR) is 51.7 cm³/mol. The third-order valence-electron chi connectivity index (χ3n) is 0.715. The molecule has 0 rings (SSSR count). The molecule has 0 aromatic heterocycles. The second kappa shape index (κ2) is 7.82. The molecule has 0 fully saturated rings. The van der Waals surface area contributed by atoms with Crippen LogP contribution in [0.2, 0.25) is 0 Å². The Bertz CT molecular complexity index is 186. The summed E-state index contributed by atoms with van der Waals surface area (Å²) in [6, 6.07) is 0. The van der Waals surface area contributed by atoms with Crippen molar-refractivity contribution < 1.29 is 23.2 Å². The van der Waals surface area contributed by atoms with Crippen LogP contribution in [0.5, 0.6) is 0 Å². The Hall–Kier alpha value is 0.190. The molecule has 0 N–H and O–H groups in total. The lowest BCUT2D eigenvalue weighted by atomic mass is 11.8. The van der Waals surface area contributed by atoms with Crippen LogP contribution < -0.4 is 0 Å². The van der Waals surface area contributed by atoms with E-state index >= 15 is 0 Å². The van der Waals surface area contributed by atoms with Crippen LogP contribution in [-0.4, -0.2) is 24.7 Å². The topological polar surface area (TPSA) is 69.7 Å². The third kappa shape index (κ3) is 5.79. The Kier molecular flexibility index (Phi) is 9.58. The minimum absolute atomic E-state index is 0.444. The van der Waals surface area contributed by atoms with Gasteiger partial charge in [-0.25, -0.2) is 0 Å². The predicted octanol–water partition coefficient (Wildman–Crippen LogP) is 1.63. The van der Waals surface area contributed by atoms with Crippen LogP contribution in [0.3, 0.4) is 0 Å². The summed E-state index contributed by atoms with van der Waals surface area (Å²) in [5, 5.41) is 0. The van der Waals surface area contributed by atoms with E-state index < -0.39 is 12.5 Å². The molecular formula is C4H9O5PS2. The second-order valence-electron chi connectivity index (χ2n) is 1.25. The van der Waals surface area contributed by atoms with Gasteiger partial charge >= 0.3 is 7.60 Å². The lowest BCUT2D eigenvalue weighted by Gasteiger charge is -2.06. The summed E-state index contributed by atoms with van der Waals surface area (Å²) in [5.41, 5.74) is 0.444. The van der Waals surface area contributed by atoms with E-state index in [4.69, 9.17) is 4.79 Å². The molecule has 0 radical (unpaired) electrons. The molecule has 0 amide bonds. The van der Waals surface area contributed by atoms with E-state index in [1.165, 1.54) is 0 Å². The van der Waals surface area contributed by atoms with Crippen LogP contribution in [0.1, 0.15) is 0 Å². The monoisotopic (exact) mass is 232 g/mol. The normalized spacial score (nSPS) is 9.67. The zero-order valence-corrected chi connectivity index (χ0v) is 9.14. The molecule has 0 bridgehead atoms. The highest BCUT2D eigenvalue weighted by atomic mass is 32.1. The van der Waals surface area contributed by atoms with Gasteiger partial charge in [0.1, 0.15) is 0 Å². The largest absolute Gasteiger partial charge is 0.406 e. The van der Waals surface area contributed by atoms with E-state index in [0.29, 0.717) is 5.62 Å². The van der Waals surface area contributed by atoms with E-state index in [2.05, 4.69) is 34.3 Å². The molecule has 5 nitrogen and oxygen atoms in total. The van der Waals surface area contributed by atoms with E-state index in [0.717, 1.165) is 14.2 Å². The van der Waals surface area contributed by atoms with E-state index in [1.807, 2.05) is 0 Å². The molecule has 0 aliphatic rings. The SMILES string of the molecule is COP(=O)(OC)C(=O)S.O=CS. The first kappa shape index (κ1) is 14.7. The first-order chi connectivity index (χ1) is 5.48. The first-order valence-electron chi connectivity index (χ1n) is 2.51. The molecular weight excluding hydrogens is 223 g/mol. The van der Waals surface area contributed by atoms with Gasteiger partial charge in [0.05, 0.1) is 0 Å². The number of carbonyl (C=O) groups is 2. The molecule has 72 valence electrons. The molecule has 0 aliphatic carbocycles. The van der Waals surface area contributed by atoms with Gasteiger partial charge in [-0.2, -0.15) is 0 Å². The van der Waals surface area contributed by atoms with Gasteiger partial charge in [-0.05, 0) is 0 Å². The van der Waals surface area contributed by atoms with Gasteiger partial charge in [0.25, 0.3) is 4.86 Å². The molecule has 0 aromatic carbocycles. The second-order valence-corrected chi connectivity index (χ2v) is 4.35. The average molecular weight is 232 g/mol.